The van der Waals surface area contributed by atoms with E-state index in [4.69, 9.17) is 0 Å². The number of aryl methyl sites for hydroxylation is 1. The fourth-order valence-corrected chi connectivity index (χ4v) is 4.86. The average molecular weight is 392 g/mol. The molecule has 3 aromatic carbocycles. The first-order valence-electron chi connectivity index (χ1n) is 8.99. The summed E-state index contributed by atoms with van der Waals surface area (Å²) >= 11 is 0. The number of para-hydroxylation sites is 1. The third kappa shape index (κ3) is 3.27. The maximum absolute atomic E-state index is 13.3. The second kappa shape index (κ2) is 7.13. The molecule has 142 valence electrons. The number of nitrogens with zero attached hydrogens (tertiary/aromatic N) is 2. The molecule has 6 heteroatoms. The molecule has 28 heavy (non-hydrogen) atoms. The molecule has 5 nitrogen and oxygen atoms in total. The van der Waals surface area contributed by atoms with Crippen LogP contribution in [0.3, 0.4) is 0 Å². The Morgan fingerprint density at radius 2 is 1.68 bits per heavy atom. The highest BCUT2D eigenvalue weighted by atomic mass is 32.2. The summed E-state index contributed by atoms with van der Waals surface area (Å²) in [4.78, 5) is 0.171. The summed E-state index contributed by atoms with van der Waals surface area (Å²) in [6.45, 7) is 1.98. The Bertz CT molecular complexity index is 1140. The third-order valence-corrected chi connectivity index (χ3v) is 6.50. The molecule has 1 aliphatic heterocycles. The number of aromatic hydroxyl groups is 1. The minimum absolute atomic E-state index is 0.0569. The average Bonchev–Trinajstić information content (AvgIpc) is 3.15. The Hall–Kier alpha value is -3.12. The Labute approximate surface area is 164 Å². The first-order valence-corrected chi connectivity index (χ1v) is 10.4. The van der Waals surface area contributed by atoms with Crippen molar-refractivity contribution in [2.45, 2.75) is 24.3 Å². The van der Waals surface area contributed by atoms with Crippen molar-refractivity contribution in [1.82, 2.24) is 4.41 Å². The standard InChI is InChI=1S/C22H20N2O3S/c1-16-8-7-9-17(14-16)20-15-21(19-12-5-6-13-22(19)25)24(23-20)28(26,27)18-10-3-2-4-11-18/h2-14,21,25H,15H2,1H3. The van der Waals surface area contributed by atoms with Gasteiger partial charge in [-0.1, -0.05) is 66.2 Å². The van der Waals surface area contributed by atoms with Crippen molar-refractivity contribution in [1.29, 1.82) is 0 Å². The molecule has 0 aliphatic carbocycles. The van der Waals surface area contributed by atoms with Crippen LogP contribution in [0.2, 0.25) is 0 Å². The maximum Gasteiger partial charge on any atom is 0.279 e. The van der Waals surface area contributed by atoms with Crippen LogP contribution in [0.5, 0.6) is 5.75 Å². The Morgan fingerprint density at radius 3 is 2.39 bits per heavy atom. The van der Waals surface area contributed by atoms with Crippen LogP contribution in [0.25, 0.3) is 0 Å². The lowest BCUT2D eigenvalue weighted by Crippen LogP contribution is -2.27. The van der Waals surface area contributed by atoms with Gasteiger partial charge in [-0.15, -0.1) is 0 Å². The molecule has 0 fully saturated rings. The summed E-state index contributed by atoms with van der Waals surface area (Å²) in [5.41, 5.74) is 3.17. The molecule has 0 radical (unpaired) electrons. The van der Waals surface area contributed by atoms with Crippen LogP contribution < -0.4 is 0 Å². The number of phenolic OH excluding ortho intramolecular Hbond substituents is 1. The minimum Gasteiger partial charge on any atom is -0.508 e. The molecule has 0 saturated carbocycles. The van der Waals surface area contributed by atoms with E-state index < -0.39 is 16.1 Å². The molecule has 0 saturated heterocycles. The highest BCUT2D eigenvalue weighted by molar-refractivity contribution is 7.89. The van der Waals surface area contributed by atoms with Gasteiger partial charge in [-0.05, 0) is 30.7 Å². The zero-order valence-corrected chi connectivity index (χ0v) is 16.2. The van der Waals surface area contributed by atoms with Gasteiger partial charge < -0.3 is 5.11 Å². The van der Waals surface area contributed by atoms with Gasteiger partial charge in [-0.2, -0.15) is 17.9 Å². The number of sulfonamides is 1. The lowest BCUT2D eigenvalue weighted by atomic mass is 9.98. The zero-order chi connectivity index (χ0) is 19.7. The number of benzene rings is 3. The fraction of sp³-hybridized carbons (Fsp3) is 0.136. The summed E-state index contributed by atoms with van der Waals surface area (Å²) in [6, 6.07) is 22.3. The Kier molecular flexibility index (Phi) is 4.65. The van der Waals surface area contributed by atoms with Crippen LogP contribution in [0.1, 0.15) is 29.2 Å². The second-order valence-corrected chi connectivity index (χ2v) is 8.58. The fourth-order valence-electron chi connectivity index (χ4n) is 3.41. The van der Waals surface area contributed by atoms with Gasteiger partial charge >= 0.3 is 0 Å². The summed E-state index contributed by atoms with van der Waals surface area (Å²) in [6.07, 6.45) is 0.382. The molecule has 1 N–H and O–H groups in total. The van der Waals surface area contributed by atoms with E-state index in [1.54, 1.807) is 54.6 Å². The lowest BCUT2D eigenvalue weighted by molar-refractivity contribution is 0.358. The van der Waals surface area contributed by atoms with Crippen molar-refractivity contribution in [2.24, 2.45) is 5.10 Å². The van der Waals surface area contributed by atoms with Gasteiger partial charge in [-0.3, -0.25) is 0 Å². The normalized spacial score (nSPS) is 16.8. The number of phenols is 1. The third-order valence-electron chi connectivity index (χ3n) is 4.81. The van der Waals surface area contributed by atoms with Crippen molar-refractivity contribution in [3.63, 3.8) is 0 Å². The molecule has 0 aromatic heterocycles. The quantitative estimate of drug-likeness (QED) is 0.722. The van der Waals surface area contributed by atoms with Crippen LogP contribution in [0, 0.1) is 6.92 Å². The summed E-state index contributed by atoms with van der Waals surface area (Å²) in [7, 11) is -3.87. The van der Waals surface area contributed by atoms with Crippen molar-refractivity contribution < 1.29 is 13.5 Å². The molecule has 0 bridgehead atoms. The summed E-state index contributed by atoms with van der Waals surface area (Å²) in [5, 5.41) is 14.9. The molecule has 1 atom stereocenters. The lowest BCUT2D eigenvalue weighted by Gasteiger charge is -2.24. The highest BCUT2D eigenvalue weighted by Crippen LogP contribution is 2.40. The van der Waals surface area contributed by atoms with E-state index in [2.05, 4.69) is 5.10 Å². The predicted molar refractivity (Wildman–Crippen MR) is 109 cm³/mol. The number of rotatable bonds is 4. The van der Waals surface area contributed by atoms with Crippen LogP contribution >= 0.6 is 0 Å². The van der Waals surface area contributed by atoms with E-state index >= 15 is 0 Å². The maximum atomic E-state index is 13.3. The van der Waals surface area contributed by atoms with Crippen molar-refractivity contribution in [2.75, 3.05) is 0 Å². The molecule has 0 amide bonds. The zero-order valence-electron chi connectivity index (χ0n) is 15.4. The Morgan fingerprint density at radius 1 is 0.964 bits per heavy atom. The smallest absolute Gasteiger partial charge is 0.279 e. The number of hydrogen-bond acceptors (Lipinski definition) is 4. The number of hydrazone groups is 1. The van der Waals surface area contributed by atoms with Crippen molar-refractivity contribution >= 4 is 15.7 Å². The topological polar surface area (TPSA) is 70.0 Å². The van der Waals surface area contributed by atoms with E-state index in [1.807, 2.05) is 31.2 Å². The second-order valence-electron chi connectivity index (χ2n) is 6.79. The first-order chi connectivity index (χ1) is 13.5. The summed E-state index contributed by atoms with van der Waals surface area (Å²) in [5.74, 6) is 0.0569. The molecule has 4 rings (SSSR count). The SMILES string of the molecule is Cc1cccc(C2=NN(S(=O)(=O)c3ccccc3)C(c3ccccc3O)C2)c1. The van der Waals surface area contributed by atoms with Crippen LogP contribution in [0.4, 0.5) is 0 Å². The molecule has 0 spiro atoms. The van der Waals surface area contributed by atoms with E-state index in [0.717, 1.165) is 15.5 Å². The number of hydrogen-bond donors (Lipinski definition) is 1. The van der Waals surface area contributed by atoms with E-state index in [9.17, 15) is 13.5 Å². The molecular weight excluding hydrogens is 372 g/mol. The largest absolute Gasteiger partial charge is 0.508 e. The predicted octanol–water partition coefficient (Wildman–Crippen LogP) is 4.24. The van der Waals surface area contributed by atoms with Crippen LogP contribution in [-0.4, -0.2) is 23.7 Å². The highest BCUT2D eigenvalue weighted by Gasteiger charge is 2.38. The van der Waals surface area contributed by atoms with Gasteiger partial charge in [0.15, 0.2) is 0 Å². The van der Waals surface area contributed by atoms with Gasteiger partial charge in [0, 0.05) is 12.0 Å². The molecule has 1 aliphatic rings. The van der Waals surface area contributed by atoms with Crippen LogP contribution in [-0.2, 0) is 10.0 Å². The molecule has 1 unspecified atom stereocenters. The van der Waals surface area contributed by atoms with E-state index in [1.165, 1.54) is 0 Å². The monoisotopic (exact) mass is 392 g/mol. The molecule has 3 aromatic rings. The first kappa shape index (κ1) is 18.3. The van der Waals surface area contributed by atoms with E-state index in [0.29, 0.717) is 17.7 Å². The van der Waals surface area contributed by atoms with Crippen LogP contribution in [0.15, 0.2) is 88.9 Å². The van der Waals surface area contributed by atoms with E-state index in [-0.39, 0.29) is 10.6 Å². The summed E-state index contributed by atoms with van der Waals surface area (Å²) < 4.78 is 27.8. The molecule has 1 heterocycles. The van der Waals surface area contributed by atoms with Gasteiger partial charge in [0.1, 0.15) is 5.75 Å². The van der Waals surface area contributed by atoms with Gasteiger partial charge in [0.05, 0.1) is 16.6 Å². The van der Waals surface area contributed by atoms with Crippen molar-refractivity contribution in [3.05, 3.63) is 95.6 Å². The van der Waals surface area contributed by atoms with Gasteiger partial charge in [-0.25, -0.2) is 0 Å². The van der Waals surface area contributed by atoms with Crippen molar-refractivity contribution in [3.8, 4) is 5.75 Å². The van der Waals surface area contributed by atoms with Gasteiger partial charge in [0.2, 0.25) is 0 Å². The minimum atomic E-state index is -3.87. The molecular formula is C22H20N2O3S. The Balaban J connectivity index is 1.84. The van der Waals surface area contributed by atoms with Gasteiger partial charge in [0.25, 0.3) is 10.0 Å².